The second-order valence-electron chi connectivity index (χ2n) is 7.26. The third kappa shape index (κ3) is 2.96. The molecule has 6 heteroatoms. The fourth-order valence-corrected chi connectivity index (χ4v) is 3.98. The third-order valence-corrected chi connectivity index (χ3v) is 5.51. The lowest BCUT2D eigenvalue weighted by atomic mass is 9.95. The first-order chi connectivity index (χ1) is 13.3. The van der Waals surface area contributed by atoms with Crippen LogP contribution in [0.4, 0.5) is 0 Å². The van der Waals surface area contributed by atoms with E-state index in [0.717, 1.165) is 40.9 Å². The minimum Gasteiger partial charge on any atom is -0.473 e. The SMILES string of the molecule is CC(Oc1ccc2ncc(-c3cccc4[nH]ccc34)n2n1)C1CCCNC1. The molecule has 138 valence electrons. The van der Waals surface area contributed by atoms with E-state index in [4.69, 9.17) is 9.84 Å². The van der Waals surface area contributed by atoms with Gasteiger partial charge in [0.15, 0.2) is 5.65 Å². The molecule has 1 aromatic carbocycles. The number of ether oxygens (including phenoxy) is 1. The number of hydrogen-bond acceptors (Lipinski definition) is 4. The van der Waals surface area contributed by atoms with Gasteiger partial charge in [-0.25, -0.2) is 9.50 Å². The molecule has 1 fully saturated rings. The van der Waals surface area contributed by atoms with E-state index in [1.165, 1.54) is 12.8 Å². The van der Waals surface area contributed by atoms with Crippen LogP contribution in [0.5, 0.6) is 5.88 Å². The van der Waals surface area contributed by atoms with E-state index in [2.05, 4.69) is 40.4 Å². The van der Waals surface area contributed by atoms with Crippen molar-refractivity contribution in [1.29, 1.82) is 0 Å². The minimum absolute atomic E-state index is 0.128. The van der Waals surface area contributed by atoms with Gasteiger partial charge < -0.3 is 15.0 Å². The second kappa shape index (κ2) is 6.70. The molecule has 5 rings (SSSR count). The summed E-state index contributed by atoms with van der Waals surface area (Å²) in [6, 6.07) is 12.2. The summed E-state index contributed by atoms with van der Waals surface area (Å²) >= 11 is 0. The zero-order valence-corrected chi connectivity index (χ0v) is 15.4. The molecule has 1 aliphatic rings. The Kier molecular flexibility index (Phi) is 4.05. The van der Waals surface area contributed by atoms with E-state index < -0.39 is 0 Å². The summed E-state index contributed by atoms with van der Waals surface area (Å²) < 4.78 is 8.07. The molecule has 1 saturated heterocycles. The number of imidazole rings is 1. The lowest BCUT2D eigenvalue weighted by Gasteiger charge is -2.28. The van der Waals surface area contributed by atoms with Crippen molar-refractivity contribution >= 4 is 16.6 Å². The number of nitrogens with one attached hydrogen (secondary N) is 2. The molecule has 0 aliphatic carbocycles. The van der Waals surface area contributed by atoms with Crippen molar-refractivity contribution in [3.8, 4) is 17.1 Å². The first-order valence-corrected chi connectivity index (χ1v) is 9.58. The quantitative estimate of drug-likeness (QED) is 0.582. The predicted octanol–water partition coefficient (Wildman–Crippen LogP) is 3.64. The summed E-state index contributed by atoms with van der Waals surface area (Å²) in [5.74, 6) is 1.16. The monoisotopic (exact) mass is 361 g/mol. The number of hydrogen-bond donors (Lipinski definition) is 2. The summed E-state index contributed by atoms with van der Waals surface area (Å²) in [5, 5.41) is 9.35. The van der Waals surface area contributed by atoms with Crippen molar-refractivity contribution in [3.05, 3.63) is 48.8 Å². The van der Waals surface area contributed by atoms with Gasteiger partial charge in [-0.3, -0.25) is 0 Å². The number of benzene rings is 1. The second-order valence-corrected chi connectivity index (χ2v) is 7.26. The van der Waals surface area contributed by atoms with Crippen LogP contribution in [0.15, 0.2) is 48.8 Å². The van der Waals surface area contributed by atoms with Gasteiger partial charge in [0.2, 0.25) is 5.88 Å². The number of aromatic nitrogens is 4. The Morgan fingerprint density at radius 2 is 2.19 bits per heavy atom. The summed E-state index contributed by atoms with van der Waals surface area (Å²) in [6.07, 6.45) is 6.36. The highest BCUT2D eigenvalue weighted by molar-refractivity contribution is 5.94. The first kappa shape index (κ1) is 16.3. The number of fused-ring (bicyclic) bond motifs is 2. The van der Waals surface area contributed by atoms with Crippen molar-refractivity contribution in [2.45, 2.75) is 25.9 Å². The Morgan fingerprint density at radius 1 is 1.22 bits per heavy atom. The highest BCUT2D eigenvalue weighted by atomic mass is 16.5. The molecule has 27 heavy (non-hydrogen) atoms. The fourth-order valence-electron chi connectivity index (χ4n) is 3.98. The van der Waals surface area contributed by atoms with Gasteiger partial charge in [-0.15, -0.1) is 5.10 Å². The number of H-pyrrole nitrogens is 1. The van der Waals surface area contributed by atoms with Crippen LogP contribution in [0.2, 0.25) is 0 Å². The summed E-state index contributed by atoms with van der Waals surface area (Å²) in [7, 11) is 0. The normalized spacial score (nSPS) is 18.8. The Labute approximate surface area is 157 Å². The minimum atomic E-state index is 0.128. The molecular formula is C21H23N5O. The van der Waals surface area contributed by atoms with Gasteiger partial charge in [-0.1, -0.05) is 12.1 Å². The topological polar surface area (TPSA) is 67.2 Å². The Bertz CT molecular complexity index is 1080. The van der Waals surface area contributed by atoms with E-state index in [1.54, 1.807) is 0 Å². The maximum absolute atomic E-state index is 6.19. The van der Waals surface area contributed by atoms with Crippen molar-refractivity contribution in [2.24, 2.45) is 5.92 Å². The van der Waals surface area contributed by atoms with E-state index in [-0.39, 0.29) is 6.10 Å². The molecule has 0 spiro atoms. The number of rotatable bonds is 4. The number of nitrogens with zero attached hydrogens (tertiary/aromatic N) is 3. The highest BCUT2D eigenvalue weighted by Gasteiger charge is 2.22. The van der Waals surface area contributed by atoms with Crippen LogP contribution < -0.4 is 10.1 Å². The van der Waals surface area contributed by atoms with Crippen LogP contribution in [0, 0.1) is 5.92 Å². The van der Waals surface area contributed by atoms with Gasteiger partial charge in [0.05, 0.1) is 11.9 Å². The Balaban J connectivity index is 1.50. The summed E-state index contributed by atoms with van der Waals surface area (Å²) in [6.45, 7) is 4.25. The van der Waals surface area contributed by atoms with Crippen LogP contribution in [-0.2, 0) is 0 Å². The molecule has 0 radical (unpaired) electrons. The molecule has 2 unspecified atom stereocenters. The maximum atomic E-state index is 6.19. The van der Waals surface area contributed by atoms with Gasteiger partial charge in [-0.05, 0) is 44.5 Å². The molecule has 0 amide bonds. The Morgan fingerprint density at radius 3 is 3.07 bits per heavy atom. The highest BCUT2D eigenvalue weighted by Crippen LogP contribution is 2.29. The molecule has 2 N–H and O–H groups in total. The van der Waals surface area contributed by atoms with E-state index in [9.17, 15) is 0 Å². The average Bonchev–Trinajstić information content (AvgIpc) is 3.35. The zero-order valence-electron chi connectivity index (χ0n) is 15.4. The molecular weight excluding hydrogens is 338 g/mol. The molecule has 3 aromatic heterocycles. The van der Waals surface area contributed by atoms with E-state index >= 15 is 0 Å². The summed E-state index contributed by atoms with van der Waals surface area (Å²) in [4.78, 5) is 7.78. The molecule has 4 aromatic rings. The molecule has 1 aliphatic heterocycles. The van der Waals surface area contributed by atoms with Crippen molar-refractivity contribution in [2.75, 3.05) is 13.1 Å². The maximum Gasteiger partial charge on any atom is 0.232 e. The Hall–Kier alpha value is -2.86. The largest absolute Gasteiger partial charge is 0.473 e. The van der Waals surface area contributed by atoms with Crippen molar-refractivity contribution in [3.63, 3.8) is 0 Å². The fraction of sp³-hybridized carbons (Fsp3) is 0.333. The van der Waals surface area contributed by atoms with E-state index in [0.29, 0.717) is 11.8 Å². The smallest absolute Gasteiger partial charge is 0.232 e. The lowest BCUT2D eigenvalue weighted by molar-refractivity contribution is 0.124. The van der Waals surface area contributed by atoms with Gasteiger partial charge in [0, 0.05) is 41.2 Å². The third-order valence-electron chi connectivity index (χ3n) is 5.51. The van der Waals surface area contributed by atoms with Gasteiger partial charge in [0.1, 0.15) is 6.10 Å². The van der Waals surface area contributed by atoms with Crippen molar-refractivity contribution in [1.82, 2.24) is 24.9 Å². The number of piperidine rings is 1. The van der Waals surface area contributed by atoms with E-state index in [1.807, 2.05) is 35.1 Å². The van der Waals surface area contributed by atoms with Crippen LogP contribution in [0.3, 0.4) is 0 Å². The summed E-state index contributed by atoms with van der Waals surface area (Å²) in [5.41, 5.74) is 3.99. The zero-order chi connectivity index (χ0) is 18.2. The predicted molar refractivity (Wildman–Crippen MR) is 106 cm³/mol. The average molecular weight is 361 g/mol. The van der Waals surface area contributed by atoms with Crippen LogP contribution in [0.1, 0.15) is 19.8 Å². The van der Waals surface area contributed by atoms with Gasteiger partial charge in [0.25, 0.3) is 0 Å². The molecule has 0 bridgehead atoms. The van der Waals surface area contributed by atoms with Gasteiger partial charge >= 0.3 is 0 Å². The van der Waals surface area contributed by atoms with Gasteiger partial charge in [-0.2, -0.15) is 0 Å². The molecule has 0 saturated carbocycles. The molecule has 6 nitrogen and oxygen atoms in total. The lowest BCUT2D eigenvalue weighted by Crippen LogP contribution is -2.38. The number of aromatic amines is 1. The molecule has 2 atom stereocenters. The van der Waals surface area contributed by atoms with Crippen LogP contribution in [0.25, 0.3) is 27.8 Å². The van der Waals surface area contributed by atoms with Crippen LogP contribution in [-0.4, -0.2) is 38.8 Å². The molecule has 4 heterocycles. The van der Waals surface area contributed by atoms with Crippen molar-refractivity contribution < 1.29 is 4.74 Å². The standard InChI is InChI=1S/C21H23N5O/c1-14(15-4-3-10-22-12-15)27-21-8-7-20-24-13-19(26(20)25-21)17-5-2-6-18-16(17)9-11-23-18/h2,5-9,11,13-15,22-23H,3-4,10,12H2,1H3. The van der Waals surface area contributed by atoms with Crippen LogP contribution >= 0.6 is 0 Å². The first-order valence-electron chi connectivity index (χ1n) is 9.58.